The maximum atomic E-state index is 12.4. The number of amides is 1. The second kappa shape index (κ2) is 8.13. The van der Waals surface area contributed by atoms with Crippen LogP contribution in [0.1, 0.15) is 57.1 Å². The third kappa shape index (κ3) is 4.17. The summed E-state index contributed by atoms with van der Waals surface area (Å²) in [6, 6.07) is 10.7. The molecule has 4 nitrogen and oxygen atoms in total. The molecule has 0 saturated carbocycles. The number of hydrogen-bond donors (Lipinski definition) is 1. The second-order valence-electron chi connectivity index (χ2n) is 7.32. The Bertz CT molecular complexity index is 534. The Morgan fingerprint density at radius 2 is 1.96 bits per heavy atom. The molecule has 3 unspecified atom stereocenters. The smallest absolute Gasteiger partial charge is 0.224 e. The molecule has 0 spiro atoms. The third-order valence-electron chi connectivity index (χ3n) is 5.66. The standard InChI is InChI=1S/C20H30N2O2/c1-16-7-5-13-22(16)20(24)11-14-21-12-6-10-18(21)15-19(23)17-8-3-2-4-9-17/h2-4,8-9,16,18-19,23H,5-7,10-15H2,1H3. The van der Waals surface area contributed by atoms with Crippen molar-refractivity contribution in [3.8, 4) is 0 Å². The van der Waals surface area contributed by atoms with Gasteiger partial charge in [0.2, 0.25) is 5.91 Å². The summed E-state index contributed by atoms with van der Waals surface area (Å²) in [7, 11) is 0. The van der Waals surface area contributed by atoms with Crippen molar-refractivity contribution in [3.63, 3.8) is 0 Å². The van der Waals surface area contributed by atoms with E-state index < -0.39 is 6.10 Å². The molecular weight excluding hydrogens is 300 g/mol. The largest absolute Gasteiger partial charge is 0.388 e. The van der Waals surface area contributed by atoms with Gasteiger partial charge in [-0.2, -0.15) is 0 Å². The first-order valence-electron chi connectivity index (χ1n) is 9.41. The van der Waals surface area contributed by atoms with E-state index in [1.807, 2.05) is 35.2 Å². The highest BCUT2D eigenvalue weighted by Crippen LogP contribution is 2.27. The molecule has 3 atom stereocenters. The Hall–Kier alpha value is -1.39. The molecule has 2 aliphatic heterocycles. The van der Waals surface area contributed by atoms with Gasteiger partial charge in [-0.05, 0) is 51.1 Å². The SMILES string of the molecule is CC1CCCN1C(=O)CCN1CCCC1CC(O)c1ccccc1. The monoisotopic (exact) mass is 330 g/mol. The molecule has 1 aromatic carbocycles. The summed E-state index contributed by atoms with van der Waals surface area (Å²) in [5.41, 5.74) is 0.992. The fraction of sp³-hybridized carbons (Fsp3) is 0.650. The number of benzene rings is 1. The Morgan fingerprint density at radius 1 is 1.21 bits per heavy atom. The molecule has 3 rings (SSSR count). The molecule has 1 N–H and O–H groups in total. The summed E-state index contributed by atoms with van der Waals surface area (Å²) in [6.07, 6.45) is 5.54. The van der Waals surface area contributed by atoms with Crippen molar-refractivity contribution in [3.05, 3.63) is 35.9 Å². The van der Waals surface area contributed by atoms with E-state index in [-0.39, 0.29) is 0 Å². The van der Waals surface area contributed by atoms with Crippen LogP contribution in [0.15, 0.2) is 30.3 Å². The topological polar surface area (TPSA) is 43.8 Å². The van der Waals surface area contributed by atoms with Crippen molar-refractivity contribution >= 4 is 5.91 Å². The molecule has 1 aromatic rings. The number of hydrogen-bond acceptors (Lipinski definition) is 3. The summed E-state index contributed by atoms with van der Waals surface area (Å²) in [5.74, 6) is 0.300. The van der Waals surface area contributed by atoms with Crippen LogP contribution in [0.5, 0.6) is 0 Å². The Balaban J connectivity index is 1.49. The quantitative estimate of drug-likeness (QED) is 0.872. The molecule has 0 aliphatic carbocycles. The molecule has 1 amide bonds. The Kier molecular flexibility index (Phi) is 5.90. The Morgan fingerprint density at radius 3 is 2.67 bits per heavy atom. The van der Waals surface area contributed by atoms with E-state index in [4.69, 9.17) is 0 Å². The van der Waals surface area contributed by atoms with Gasteiger partial charge < -0.3 is 10.0 Å². The molecule has 0 aromatic heterocycles. The molecule has 132 valence electrons. The van der Waals surface area contributed by atoms with Crippen LogP contribution in [0.25, 0.3) is 0 Å². The average Bonchev–Trinajstić information content (AvgIpc) is 3.22. The highest BCUT2D eigenvalue weighted by atomic mass is 16.3. The molecule has 24 heavy (non-hydrogen) atoms. The lowest BCUT2D eigenvalue weighted by molar-refractivity contribution is -0.132. The minimum Gasteiger partial charge on any atom is -0.388 e. The molecule has 2 heterocycles. The predicted octanol–water partition coefficient (Wildman–Crippen LogP) is 2.98. The zero-order valence-corrected chi connectivity index (χ0v) is 14.7. The van der Waals surface area contributed by atoms with Crippen molar-refractivity contribution in [2.75, 3.05) is 19.6 Å². The fourth-order valence-corrected chi connectivity index (χ4v) is 4.21. The van der Waals surface area contributed by atoms with Crippen LogP contribution in [0.2, 0.25) is 0 Å². The normalized spacial score (nSPS) is 26.0. The summed E-state index contributed by atoms with van der Waals surface area (Å²) in [4.78, 5) is 16.9. The van der Waals surface area contributed by atoms with Crippen LogP contribution in [-0.2, 0) is 4.79 Å². The van der Waals surface area contributed by atoms with E-state index in [1.54, 1.807) is 0 Å². The van der Waals surface area contributed by atoms with Crippen LogP contribution in [0.4, 0.5) is 0 Å². The number of nitrogens with zero attached hydrogens (tertiary/aromatic N) is 2. The summed E-state index contributed by atoms with van der Waals surface area (Å²) in [6.45, 7) is 4.96. The number of aliphatic hydroxyl groups excluding tert-OH is 1. The van der Waals surface area contributed by atoms with Gasteiger partial charge in [0.25, 0.3) is 0 Å². The second-order valence-corrected chi connectivity index (χ2v) is 7.32. The van der Waals surface area contributed by atoms with Gasteiger partial charge in [0.1, 0.15) is 0 Å². The first kappa shape index (κ1) is 17.4. The molecule has 4 heteroatoms. The van der Waals surface area contributed by atoms with Gasteiger partial charge in [0, 0.05) is 31.6 Å². The lowest BCUT2D eigenvalue weighted by Crippen LogP contribution is -2.38. The molecule has 2 aliphatic rings. The zero-order chi connectivity index (χ0) is 16.9. The van der Waals surface area contributed by atoms with Crippen LogP contribution in [-0.4, -0.2) is 52.5 Å². The van der Waals surface area contributed by atoms with E-state index in [0.29, 0.717) is 24.4 Å². The van der Waals surface area contributed by atoms with Crippen LogP contribution in [0, 0.1) is 0 Å². The number of rotatable bonds is 6. The van der Waals surface area contributed by atoms with Gasteiger partial charge >= 0.3 is 0 Å². The first-order chi connectivity index (χ1) is 11.6. The van der Waals surface area contributed by atoms with Crippen molar-refractivity contribution in [2.45, 2.75) is 63.6 Å². The summed E-state index contributed by atoms with van der Waals surface area (Å²) >= 11 is 0. The average molecular weight is 330 g/mol. The lowest BCUT2D eigenvalue weighted by Gasteiger charge is -2.28. The van der Waals surface area contributed by atoms with E-state index in [0.717, 1.165) is 50.9 Å². The van der Waals surface area contributed by atoms with E-state index in [2.05, 4.69) is 11.8 Å². The number of carbonyl (C=O) groups is 1. The van der Waals surface area contributed by atoms with Gasteiger partial charge in [0.05, 0.1) is 6.10 Å². The molecule has 2 saturated heterocycles. The van der Waals surface area contributed by atoms with E-state index in [9.17, 15) is 9.90 Å². The van der Waals surface area contributed by atoms with Crippen molar-refractivity contribution in [1.29, 1.82) is 0 Å². The van der Waals surface area contributed by atoms with E-state index >= 15 is 0 Å². The van der Waals surface area contributed by atoms with Gasteiger partial charge in [-0.3, -0.25) is 9.69 Å². The zero-order valence-electron chi connectivity index (χ0n) is 14.7. The molecular formula is C20H30N2O2. The lowest BCUT2D eigenvalue weighted by atomic mass is 10.0. The van der Waals surface area contributed by atoms with Gasteiger partial charge in [-0.15, -0.1) is 0 Å². The number of likely N-dealkylation sites (tertiary alicyclic amines) is 2. The van der Waals surface area contributed by atoms with Gasteiger partial charge in [-0.25, -0.2) is 0 Å². The maximum Gasteiger partial charge on any atom is 0.224 e. The summed E-state index contributed by atoms with van der Waals surface area (Å²) < 4.78 is 0. The van der Waals surface area contributed by atoms with Crippen molar-refractivity contribution < 1.29 is 9.90 Å². The van der Waals surface area contributed by atoms with Crippen LogP contribution in [0.3, 0.4) is 0 Å². The number of aliphatic hydroxyl groups is 1. The minimum absolute atomic E-state index is 0.300. The van der Waals surface area contributed by atoms with Crippen molar-refractivity contribution in [1.82, 2.24) is 9.80 Å². The molecule has 2 fully saturated rings. The third-order valence-corrected chi connectivity index (χ3v) is 5.66. The van der Waals surface area contributed by atoms with E-state index in [1.165, 1.54) is 6.42 Å². The molecule has 0 radical (unpaired) electrons. The van der Waals surface area contributed by atoms with Gasteiger partial charge in [-0.1, -0.05) is 30.3 Å². The fourth-order valence-electron chi connectivity index (χ4n) is 4.21. The summed E-state index contributed by atoms with van der Waals surface area (Å²) in [5, 5.41) is 10.5. The molecule has 0 bridgehead atoms. The van der Waals surface area contributed by atoms with Crippen LogP contribution >= 0.6 is 0 Å². The van der Waals surface area contributed by atoms with Crippen LogP contribution < -0.4 is 0 Å². The first-order valence-corrected chi connectivity index (χ1v) is 9.41. The highest BCUT2D eigenvalue weighted by Gasteiger charge is 2.29. The van der Waals surface area contributed by atoms with Gasteiger partial charge in [0.15, 0.2) is 0 Å². The maximum absolute atomic E-state index is 12.4. The number of carbonyl (C=O) groups excluding carboxylic acids is 1. The minimum atomic E-state index is -0.411. The highest BCUT2D eigenvalue weighted by molar-refractivity contribution is 5.77. The van der Waals surface area contributed by atoms with Crippen molar-refractivity contribution in [2.24, 2.45) is 0 Å². The predicted molar refractivity (Wildman–Crippen MR) is 95.6 cm³/mol. The Labute approximate surface area is 145 Å².